The largest absolute Gasteiger partial charge is 0.529 e. The summed E-state index contributed by atoms with van der Waals surface area (Å²) in [7, 11) is -1.66. The molecule has 0 amide bonds. The summed E-state index contributed by atoms with van der Waals surface area (Å²) < 4.78 is 20.0. The fourth-order valence-electron chi connectivity index (χ4n) is 6.97. The van der Waals surface area contributed by atoms with E-state index in [1.54, 1.807) is 14.2 Å². The third-order valence-corrected chi connectivity index (χ3v) is 18.5. The Morgan fingerprint density at radius 1 is 0.500 bits per heavy atom. The fraction of sp³-hybridized carbons (Fsp3) is 0.163. The highest BCUT2D eigenvalue weighted by atomic mass is 31.2. The van der Waals surface area contributed by atoms with Crippen LogP contribution in [-0.2, 0) is 6.16 Å². The van der Waals surface area contributed by atoms with E-state index < -0.39 is 15.6 Å². The second-order valence-electron chi connectivity index (χ2n) is 13.1. The molecule has 6 aromatic rings. The van der Waals surface area contributed by atoms with E-state index in [1.165, 1.54) is 26.3 Å². The van der Waals surface area contributed by atoms with Crippen molar-refractivity contribution in [1.82, 2.24) is 0 Å². The zero-order valence-electron chi connectivity index (χ0n) is 28.5. The topological polar surface area (TPSA) is 27.7 Å². The van der Waals surface area contributed by atoms with Crippen LogP contribution in [0.2, 0.25) is 5.04 Å². The summed E-state index contributed by atoms with van der Waals surface area (Å²) in [4.78, 5) is 0. The maximum atomic E-state index is 7.52. The molecule has 0 aromatic heterocycles. The third-order valence-electron chi connectivity index (χ3n) is 9.20. The summed E-state index contributed by atoms with van der Waals surface area (Å²) in [6.45, 7) is 6.85. The lowest BCUT2D eigenvalue weighted by Gasteiger charge is -2.43. The van der Waals surface area contributed by atoms with Crippen molar-refractivity contribution in [3.8, 4) is 17.2 Å². The summed E-state index contributed by atoms with van der Waals surface area (Å²) in [6, 6.07) is 58.6. The van der Waals surface area contributed by atoms with Crippen LogP contribution in [0.5, 0.6) is 17.2 Å². The molecule has 0 heterocycles. The molecule has 0 fully saturated rings. The lowest BCUT2D eigenvalue weighted by atomic mass is 10.2. The quantitative estimate of drug-likeness (QED) is 0.103. The van der Waals surface area contributed by atoms with Gasteiger partial charge in [0.25, 0.3) is 0 Å². The maximum Gasteiger partial charge on any atom is 0.320 e. The molecule has 3 nitrogen and oxygen atoms in total. The van der Waals surface area contributed by atoms with Crippen LogP contribution in [0.25, 0.3) is 0 Å². The maximum absolute atomic E-state index is 7.52. The van der Waals surface area contributed by atoms with Crippen molar-refractivity contribution in [2.24, 2.45) is 0 Å². The van der Waals surface area contributed by atoms with Crippen LogP contribution in [0.15, 0.2) is 164 Å². The zero-order chi connectivity index (χ0) is 33.6. The van der Waals surface area contributed by atoms with Gasteiger partial charge >= 0.3 is 8.32 Å². The Morgan fingerprint density at radius 2 is 0.833 bits per heavy atom. The molecule has 0 N–H and O–H groups in total. The van der Waals surface area contributed by atoms with Crippen LogP contribution >= 0.6 is 7.26 Å². The molecule has 0 atom stereocenters. The van der Waals surface area contributed by atoms with Gasteiger partial charge in [-0.2, -0.15) is 0 Å². The smallest absolute Gasteiger partial charge is 0.320 e. The first kappa shape index (κ1) is 33.3. The van der Waals surface area contributed by atoms with Gasteiger partial charge in [-0.05, 0) is 69.5 Å². The van der Waals surface area contributed by atoms with Gasteiger partial charge < -0.3 is 13.9 Å². The van der Waals surface area contributed by atoms with Gasteiger partial charge in [0.05, 0.1) is 20.4 Å². The molecule has 6 rings (SSSR count). The predicted octanol–water partition coefficient (Wildman–Crippen LogP) is 8.14. The molecule has 6 aromatic carbocycles. The van der Waals surface area contributed by atoms with Gasteiger partial charge in [-0.1, -0.05) is 136 Å². The van der Waals surface area contributed by atoms with Crippen molar-refractivity contribution in [2.75, 3.05) is 14.2 Å². The van der Waals surface area contributed by atoms with Crippen molar-refractivity contribution >= 4 is 41.9 Å². The summed E-state index contributed by atoms with van der Waals surface area (Å²) in [6.07, 6.45) is 0.789. The number of hydrogen-bond acceptors (Lipinski definition) is 3. The molecule has 0 saturated carbocycles. The Bertz CT molecular complexity index is 1750. The molecular formula is C43H44O3PSi+. The van der Waals surface area contributed by atoms with E-state index in [0.29, 0.717) is 17.2 Å². The van der Waals surface area contributed by atoms with Gasteiger partial charge in [-0.15, -0.1) is 0 Å². The zero-order valence-corrected chi connectivity index (χ0v) is 30.4. The van der Waals surface area contributed by atoms with E-state index >= 15 is 0 Å². The van der Waals surface area contributed by atoms with E-state index in [-0.39, 0.29) is 5.04 Å². The number of ether oxygens (including phenoxy) is 2. The van der Waals surface area contributed by atoms with Crippen LogP contribution in [0.4, 0.5) is 0 Å². The summed E-state index contributed by atoms with van der Waals surface area (Å²) >= 11 is 0. The standard InChI is InChI=1S/C43H44O3PSi/c1-43(2,3)48(38-27-17-9-18-28-38,39-29-19-10-20-30-39)46-42-40(44-4)31-34(32-41(42)45-5)33-47(35-21-11-6-12-22-35,36-23-13-7-14-24-36)37-25-15-8-16-26-37/h6-32H,33H2,1-5H3/q+1. The lowest BCUT2D eigenvalue weighted by molar-refractivity contribution is 0.356. The second kappa shape index (κ2) is 14.2. The SMILES string of the molecule is COc1cc(C[P+](c2ccccc2)(c2ccccc2)c2ccccc2)cc(OC)c1O[Si](c1ccccc1)(c1ccccc1)C(C)(C)C. The molecule has 0 unspecified atom stereocenters. The van der Waals surface area contributed by atoms with Crippen molar-refractivity contribution in [3.63, 3.8) is 0 Å². The lowest BCUT2D eigenvalue weighted by Crippen LogP contribution is -2.68. The minimum atomic E-state index is -2.96. The molecular weight excluding hydrogens is 624 g/mol. The highest BCUT2D eigenvalue weighted by Gasteiger charge is 2.53. The van der Waals surface area contributed by atoms with Gasteiger partial charge in [0.1, 0.15) is 23.2 Å². The summed E-state index contributed by atoms with van der Waals surface area (Å²) in [5, 5.41) is 6.14. The van der Waals surface area contributed by atoms with E-state index in [9.17, 15) is 0 Å². The first-order valence-corrected chi connectivity index (χ1v) is 20.3. The van der Waals surface area contributed by atoms with Crippen molar-refractivity contribution in [1.29, 1.82) is 0 Å². The molecule has 48 heavy (non-hydrogen) atoms. The molecule has 5 heteroatoms. The first-order chi connectivity index (χ1) is 23.3. The Kier molecular flexibility index (Phi) is 9.87. The summed E-state index contributed by atoms with van der Waals surface area (Å²) in [5.74, 6) is 1.98. The van der Waals surface area contributed by atoms with Gasteiger partial charge in [0.2, 0.25) is 0 Å². The first-order valence-electron chi connectivity index (χ1n) is 16.4. The minimum Gasteiger partial charge on any atom is -0.529 e. The van der Waals surface area contributed by atoms with E-state index in [1.807, 2.05) is 0 Å². The molecule has 0 aliphatic heterocycles. The predicted molar refractivity (Wildman–Crippen MR) is 207 cm³/mol. The summed E-state index contributed by atoms with van der Waals surface area (Å²) in [5.41, 5.74) is 1.13. The Balaban J connectivity index is 1.56. The average Bonchev–Trinajstić information content (AvgIpc) is 3.14. The van der Waals surface area contributed by atoms with Crippen molar-refractivity contribution in [2.45, 2.75) is 32.0 Å². The van der Waals surface area contributed by atoms with Gasteiger partial charge in [0, 0.05) is 0 Å². The number of rotatable bonds is 11. The molecule has 0 saturated heterocycles. The van der Waals surface area contributed by atoms with Crippen LogP contribution in [0.3, 0.4) is 0 Å². The van der Waals surface area contributed by atoms with Crippen molar-refractivity contribution < 1.29 is 13.9 Å². The number of benzene rings is 6. The molecule has 0 aliphatic rings. The highest BCUT2D eigenvalue weighted by Crippen LogP contribution is 2.59. The Hall–Kier alpha value is -4.63. The van der Waals surface area contributed by atoms with Crippen LogP contribution in [-0.4, -0.2) is 22.5 Å². The third kappa shape index (κ3) is 6.19. The molecule has 0 aliphatic carbocycles. The van der Waals surface area contributed by atoms with Crippen molar-refractivity contribution in [3.05, 3.63) is 169 Å². The molecule has 0 radical (unpaired) electrons. The minimum absolute atomic E-state index is 0.223. The molecule has 0 spiro atoms. The molecule has 0 bridgehead atoms. The normalized spacial score (nSPS) is 11.9. The number of hydrogen-bond donors (Lipinski definition) is 0. The van der Waals surface area contributed by atoms with Crippen LogP contribution in [0, 0.1) is 0 Å². The second-order valence-corrected chi connectivity index (χ2v) is 20.8. The highest BCUT2D eigenvalue weighted by molar-refractivity contribution is 7.95. The van der Waals surface area contributed by atoms with Gasteiger partial charge in [0.15, 0.2) is 17.2 Å². The van der Waals surface area contributed by atoms with E-state index in [0.717, 1.165) is 11.7 Å². The Labute approximate surface area is 287 Å². The molecule has 242 valence electrons. The fourth-order valence-corrected chi connectivity index (χ4v) is 15.6. The van der Waals surface area contributed by atoms with Gasteiger partial charge in [-0.3, -0.25) is 0 Å². The number of methoxy groups -OCH3 is 2. The van der Waals surface area contributed by atoms with Crippen LogP contribution < -0.4 is 40.2 Å². The van der Waals surface area contributed by atoms with Crippen LogP contribution in [0.1, 0.15) is 26.3 Å². The average molecular weight is 668 g/mol. The Morgan fingerprint density at radius 3 is 1.15 bits per heavy atom. The van der Waals surface area contributed by atoms with Gasteiger partial charge in [-0.25, -0.2) is 0 Å². The van der Waals surface area contributed by atoms with E-state index in [2.05, 4.69) is 185 Å². The monoisotopic (exact) mass is 667 g/mol. The van der Waals surface area contributed by atoms with E-state index in [4.69, 9.17) is 13.9 Å².